The standard InChI is InChI=1S/C28H28N4O3/c33-28(25-6-8-26(9-7-25)32-15-2-14-30-32)31(19-23-3-1-13-29-17-23)18-22-4-10-27(11-5-22)35-21-24-12-16-34-20-24/h1-11,13-15,17,24H,12,16,18-21H2/t24-/m0/s1. The Morgan fingerprint density at radius 1 is 1.00 bits per heavy atom. The zero-order valence-electron chi connectivity index (χ0n) is 19.5. The molecule has 1 aliphatic heterocycles. The van der Waals surface area contributed by atoms with Crippen LogP contribution in [-0.4, -0.2) is 45.4 Å². The first kappa shape index (κ1) is 22.8. The number of hydrogen-bond acceptors (Lipinski definition) is 5. The average Bonchev–Trinajstić information content (AvgIpc) is 3.63. The van der Waals surface area contributed by atoms with Crippen molar-refractivity contribution in [1.82, 2.24) is 19.7 Å². The highest BCUT2D eigenvalue weighted by molar-refractivity contribution is 5.94. The molecule has 1 saturated heterocycles. The predicted molar refractivity (Wildman–Crippen MR) is 132 cm³/mol. The molecule has 0 radical (unpaired) electrons. The average molecular weight is 469 g/mol. The van der Waals surface area contributed by atoms with Crippen molar-refractivity contribution in [3.8, 4) is 11.4 Å². The van der Waals surface area contributed by atoms with E-state index in [1.807, 2.05) is 77.8 Å². The van der Waals surface area contributed by atoms with E-state index in [4.69, 9.17) is 9.47 Å². The van der Waals surface area contributed by atoms with Crippen LogP contribution in [0, 0.1) is 5.92 Å². The van der Waals surface area contributed by atoms with Crippen LogP contribution in [0.3, 0.4) is 0 Å². The molecule has 2 aromatic heterocycles. The van der Waals surface area contributed by atoms with Crippen LogP contribution >= 0.6 is 0 Å². The lowest BCUT2D eigenvalue weighted by atomic mass is 10.1. The molecule has 1 amide bonds. The number of nitrogens with zero attached hydrogens (tertiary/aromatic N) is 4. The Labute approximate surface area is 204 Å². The smallest absolute Gasteiger partial charge is 0.254 e. The molecule has 35 heavy (non-hydrogen) atoms. The Bertz CT molecular complexity index is 1200. The fraction of sp³-hybridized carbons (Fsp3) is 0.250. The van der Waals surface area contributed by atoms with Crippen molar-refractivity contribution >= 4 is 5.91 Å². The zero-order valence-corrected chi connectivity index (χ0v) is 19.5. The highest BCUT2D eigenvalue weighted by Gasteiger charge is 2.18. The van der Waals surface area contributed by atoms with Gasteiger partial charge in [0.1, 0.15) is 5.75 Å². The maximum absolute atomic E-state index is 13.5. The van der Waals surface area contributed by atoms with E-state index in [0.29, 0.717) is 31.2 Å². The van der Waals surface area contributed by atoms with Crippen LogP contribution in [0.25, 0.3) is 5.69 Å². The summed E-state index contributed by atoms with van der Waals surface area (Å²) in [5.74, 6) is 1.25. The van der Waals surface area contributed by atoms with Gasteiger partial charge >= 0.3 is 0 Å². The Morgan fingerprint density at radius 3 is 2.51 bits per heavy atom. The van der Waals surface area contributed by atoms with E-state index in [-0.39, 0.29) is 5.91 Å². The van der Waals surface area contributed by atoms with Gasteiger partial charge in [0.2, 0.25) is 0 Å². The Balaban J connectivity index is 1.29. The minimum Gasteiger partial charge on any atom is -0.493 e. The number of aromatic nitrogens is 3. The molecule has 4 aromatic rings. The van der Waals surface area contributed by atoms with Crippen molar-refractivity contribution in [2.75, 3.05) is 19.8 Å². The molecule has 7 heteroatoms. The van der Waals surface area contributed by atoms with E-state index < -0.39 is 0 Å². The highest BCUT2D eigenvalue weighted by atomic mass is 16.5. The van der Waals surface area contributed by atoms with Crippen molar-refractivity contribution in [1.29, 1.82) is 0 Å². The van der Waals surface area contributed by atoms with Gasteiger partial charge in [-0.3, -0.25) is 9.78 Å². The van der Waals surface area contributed by atoms with E-state index in [2.05, 4.69) is 10.1 Å². The van der Waals surface area contributed by atoms with E-state index in [1.54, 1.807) is 23.3 Å². The lowest BCUT2D eigenvalue weighted by Crippen LogP contribution is -2.30. The monoisotopic (exact) mass is 468 g/mol. The second-order valence-corrected chi connectivity index (χ2v) is 8.70. The Kier molecular flexibility index (Phi) is 7.15. The van der Waals surface area contributed by atoms with E-state index in [1.165, 1.54) is 0 Å². The minimum absolute atomic E-state index is 0.0394. The summed E-state index contributed by atoms with van der Waals surface area (Å²) in [5, 5.41) is 4.25. The second kappa shape index (κ2) is 11.0. The molecule has 0 saturated carbocycles. The molecule has 0 bridgehead atoms. The molecule has 0 aliphatic carbocycles. The number of hydrogen-bond donors (Lipinski definition) is 0. The van der Waals surface area contributed by atoms with Gasteiger partial charge in [0, 0.05) is 56.0 Å². The van der Waals surface area contributed by atoms with E-state index >= 15 is 0 Å². The van der Waals surface area contributed by atoms with Crippen LogP contribution in [0.2, 0.25) is 0 Å². The van der Waals surface area contributed by atoms with E-state index in [9.17, 15) is 4.79 Å². The van der Waals surface area contributed by atoms with Crippen molar-refractivity contribution in [3.05, 3.63) is 108 Å². The lowest BCUT2D eigenvalue weighted by molar-refractivity contribution is 0.0730. The number of amides is 1. The first-order chi connectivity index (χ1) is 17.2. The fourth-order valence-electron chi connectivity index (χ4n) is 4.11. The number of benzene rings is 2. The summed E-state index contributed by atoms with van der Waals surface area (Å²) >= 11 is 0. The molecule has 0 unspecified atom stereocenters. The van der Waals surface area contributed by atoms with Crippen molar-refractivity contribution in [2.45, 2.75) is 19.5 Å². The quantitative estimate of drug-likeness (QED) is 0.361. The van der Waals surface area contributed by atoms with Crippen LogP contribution < -0.4 is 4.74 Å². The maximum Gasteiger partial charge on any atom is 0.254 e. The molecule has 1 fully saturated rings. The predicted octanol–water partition coefficient (Wildman–Crippen LogP) is 4.53. The molecule has 0 spiro atoms. The number of rotatable bonds is 9. The highest BCUT2D eigenvalue weighted by Crippen LogP contribution is 2.20. The first-order valence-corrected chi connectivity index (χ1v) is 11.8. The van der Waals surface area contributed by atoms with Crippen LogP contribution in [0.4, 0.5) is 0 Å². The van der Waals surface area contributed by atoms with Gasteiger partial charge in [0.15, 0.2) is 0 Å². The summed E-state index contributed by atoms with van der Waals surface area (Å²) in [6.45, 7) is 3.20. The van der Waals surface area contributed by atoms with Gasteiger partial charge in [-0.25, -0.2) is 4.68 Å². The molecular weight excluding hydrogens is 440 g/mol. The lowest BCUT2D eigenvalue weighted by Gasteiger charge is -2.23. The van der Waals surface area contributed by atoms with Crippen LogP contribution in [0.15, 0.2) is 91.5 Å². The third kappa shape index (κ3) is 5.94. The normalized spacial score (nSPS) is 15.1. The van der Waals surface area contributed by atoms with Crippen LogP contribution in [-0.2, 0) is 17.8 Å². The number of carbonyl (C=O) groups is 1. The minimum atomic E-state index is -0.0394. The summed E-state index contributed by atoms with van der Waals surface area (Å²) in [6.07, 6.45) is 8.19. The van der Waals surface area contributed by atoms with Crippen molar-refractivity contribution < 1.29 is 14.3 Å². The molecule has 2 aromatic carbocycles. The first-order valence-electron chi connectivity index (χ1n) is 11.8. The number of pyridine rings is 1. The van der Waals surface area contributed by atoms with Gasteiger partial charge in [-0.1, -0.05) is 18.2 Å². The largest absolute Gasteiger partial charge is 0.493 e. The molecule has 178 valence electrons. The van der Waals surface area contributed by atoms with Crippen molar-refractivity contribution in [3.63, 3.8) is 0 Å². The SMILES string of the molecule is O=C(c1ccc(-n2cccn2)cc1)N(Cc1ccc(OC[C@H]2CCOC2)cc1)Cc1cccnc1. The summed E-state index contributed by atoms with van der Waals surface area (Å²) in [6, 6.07) is 21.2. The Morgan fingerprint density at radius 2 is 1.83 bits per heavy atom. The summed E-state index contributed by atoms with van der Waals surface area (Å²) < 4.78 is 13.1. The fourth-order valence-corrected chi connectivity index (χ4v) is 4.11. The molecule has 0 N–H and O–H groups in total. The topological polar surface area (TPSA) is 69.5 Å². The van der Waals surface area contributed by atoms with Gasteiger partial charge in [0.05, 0.1) is 18.9 Å². The van der Waals surface area contributed by atoms with Gasteiger partial charge in [-0.2, -0.15) is 5.10 Å². The maximum atomic E-state index is 13.5. The third-order valence-corrected chi connectivity index (χ3v) is 6.07. The van der Waals surface area contributed by atoms with Gasteiger partial charge in [-0.15, -0.1) is 0 Å². The van der Waals surface area contributed by atoms with Gasteiger partial charge < -0.3 is 14.4 Å². The summed E-state index contributed by atoms with van der Waals surface area (Å²) in [4.78, 5) is 19.6. The third-order valence-electron chi connectivity index (χ3n) is 6.07. The molecule has 5 rings (SSSR count). The summed E-state index contributed by atoms with van der Waals surface area (Å²) in [7, 11) is 0. The molecule has 1 atom stereocenters. The van der Waals surface area contributed by atoms with Crippen LogP contribution in [0.1, 0.15) is 27.9 Å². The summed E-state index contributed by atoms with van der Waals surface area (Å²) in [5.41, 5.74) is 3.55. The van der Waals surface area contributed by atoms with Crippen molar-refractivity contribution in [2.24, 2.45) is 5.92 Å². The second-order valence-electron chi connectivity index (χ2n) is 8.70. The molecule has 7 nitrogen and oxygen atoms in total. The molecular formula is C28H28N4O3. The van der Waals surface area contributed by atoms with Crippen LogP contribution in [0.5, 0.6) is 5.75 Å². The van der Waals surface area contributed by atoms with Gasteiger partial charge in [0.25, 0.3) is 5.91 Å². The van der Waals surface area contributed by atoms with E-state index in [0.717, 1.165) is 42.2 Å². The number of carbonyl (C=O) groups excluding carboxylic acids is 1. The molecule has 3 heterocycles. The Hall–Kier alpha value is -3.97. The zero-order chi connectivity index (χ0) is 23.9. The molecule has 1 aliphatic rings. The number of ether oxygens (including phenoxy) is 2. The van der Waals surface area contributed by atoms with Gasteiger partial charge in [-0.05, 0) is 66.1 Å².